The third-order valence-electron chi connectivity index (χ3n) is 5.70. The molecule has 0 saturated carbocycles. The second-order valence-corrected chi connectivity index (χ2v) is 11.4. The zero-order valence-corrected chi connectivity index (χ0v) is 24.3. The molecular formula is C28H30Cl3N3O3S. The highest BCUT2D eigenvalue weighted by Crippen LogP contribution is 2.29. The lowest BCUT2D eigenvalue weighted by Crippen LogP contribution is -2.20. The molecule has 4 rings (SSSR count). The van der Waals surface area contributed by atoms with Crippen LogP contribution in [-0.2, 0) is 11.0 Å². The largest absolute Gasteiger partial charge is 0.322 e. The minimum Gasteiger partial charge on any atom is -0.322 e. The van der Waals surface area contributed by atoms with Crippen LogP contribution in [0.15, 0.2) is 60.7 Å². The third kappa shape index (κ3) is 8.21. The van der Waals surface area contributed by atoms with Crippen LogP contribution in [0.1, 0.15) is 60.2 Å². The number of hydrogen-bond acceptors (Lipinski definition) is 3. The van der Waals surface area contributed by atoms with Crippen LogP contribution in [0.3, 0.4) is 0 Å². The zero-order chi connectivity index (χ0) is 27.7. The molecule has 3 aromatic carbocycles. The summed E-state index contributed by atoms with van der Waals surface area (Å²) in [7, 11) is -1.07. The molecule has 0 aromatic heterocycles. The SMILES string of the molecule is CCCCC.O=C(Nc1cc(NC(=O)c2ccc(N3CCCS3=O)cc2Cl)ccc1Cl)c1ccc(Cl)cc1. The van der Waals surface area contributed by atoms with Gasteiger partial charge in [-0.25, -0.2) is 4.21 Å². The number of hydrogen-bond donors (Lipinski definition) is 2. The summed E-state index contributed by atoms with van der Waals surface area (Å²) in [4.78, 5) is 25.3. The summed E-state index contributed by atoms with van der Waals surface area (Å²) in [6, 6.07) is 16.1. The van der Waals surface area contributed by atoms with Crippen molar-refractivity contribution in [2.24, 2.45) is 0 Å². The van der Waals surface area contributed by atoms with E-state index >= 15 is 0 Å². The summed E-state index contributed by atoms with van der Waals surface area (Å²) in [5.41, 5.74) is 2.16. The van der Waals surface area contributed by atoms with Crippen LogP contribution in [0.4, 0.5) is 17.1 Å². The summed E-state index contributed by atoms with van der Waals surface area (Å²) >= 11 is 18.4. The molecule has 3 aromatic rings. The number of carbonyl (C=O) groups excluding carboxylic acids is 2. The number of nitrogens with one attached hydrogen (secondary N) is 2. The predicted molar refractivity (Wildman–Crippen MR) is 160 cm³/mol. The van der Waals surface area contributed by atoms with Gasteiger partial charge in [0.2, 0.25) is 0 Å². The van der Waals surface area contributed by atoms with Crippen molar-refractivity contribution in [2.45, 2.75) is 39.5 Å². The molecule has 0 radical (unpaired) electrons. The van der Waals surface area contributed by atoms with Crippen molar-refractivity contribution in [1.82, 2.24) is 0 Å². The average molecular weight is 595 g/mol. The van der Waals surface area contributed by atoms with E-state index in [0.29, 0.717) is 45.0 Å². The Balaban J connectivity index is 0.000000732. The normalized spacial score (nSPS) is 14.4. The fourth-order valence-electron chi connectivity index (χ4n) is 3.68. The Hall–Kier alpha value is -2.58. The molecule has 0 aliphatic carbocycles. The van der Waals surface area contributed by atoms with Crippen LogP contribution in [0.5, 0.6) is 0 Å². The maximum absolute atomic E-state index is 12.8. The highest BCUT2D eigenvalue weighted by molar-refractivity contribution is 7.86. The molecule has 1 heterocycles. The molecule has 2 N–H and O–H groups in total. The van der Waals surface area contributed by atoms with Gasteiger partial charge in [-0.15, -0.1) is 0 Å². The Labute approximate surface area is 241 Å². The first-order valence-corrected chi connectivity index (χ1v) is 14.8. The second kappa shape index (κ2) is 14.5. The van der Waals surface area contributed by atoms with Crippen LogP contribution in [-0.4, -0.2) is 28.3 Å². The number of amides is 2. The topological polar surface area (TPSA) is 78.5 Å². The van der Waals surface area contributed by atoms with E-state index in [2.05, 4.69) is 24.5 Å². The van der Waals surface area contributed by atoms with E-state index in [1.54, 1.807) is 65.0 Å². The van der Waals surface area contributed by atoms with E-state index in [4.69, 9.17) is 34.8 Å². The molecule has 2 amide bonds. The molecule has 38 heavy (non-hydrogen) atoms. The number of unbranched alkanes of at least 4 members (excludes halogenated alkanes) is 2. The van der Waals surface area contributed by atoms with Crippen molar-refractivity contribution >= 4 is 74.7 Å². The van der Waals surface area contributed by atoms with Gasteiger partial charge in [0.05, 0.1) is 27.0 Å². The van der Waals surface area contributed by atoms with Crippen molar-refractivity contribution in [1.29, 1.82) is 0 Å². The smallest absolute Gasteiger partial charge is 0.257 e. The first-order valence-electron chi connectivity index (χ1n) is 12.4. The number of nitrogens with zero attached hydrogens (tertiary/aromatic N) is 1. The molecular weight excluding hydrogens is 565 g/mol. The Morgan fingerprint density at radius 1 is 0.868 bits per heavy atom. The third-order valence-corrected chi connectivity index (χ3v) is 8.11. The molecule has 0 bridgehead atoms. The molecule has 1 aliphatic rings. The van der Waals surface area contributed by atoms with E-state index in [1.807, 2.05) is 0 Å². The van der Waals surface area contributed by atoms with E-state index in [-0.39, 0.29) is 16.5 Å². The second-order valence-electron chi connectivity index (χ2n) is 8.61. The highest BCUT2D eigenvalue weighted by Gasteiger charge is 2.22. The number of anilines is 3. The molecule has 1 aliphatic heterocycles. The van der Waals surface area contributed by atoms with Gasteiger partial charge in [0, 0.05) is 28.6 Å². The lowest BCUT2D eigenvalue weighted by molar-refractivity contribution is 0.101. The van der Waals surface area contributed by atoms with Crippen LogP contribution < -0.4 is 14.9 Å². The summed E-state index contributed by atoms with van der Waals surface area (Å²) in [5, 5.41) is 6.58. The standard InChI is InChI=1S/C23H18Cl3N3O3S.C5H12/c24-15-4-2-14(3-5-15)22(30)28-21-12-16(6-9-19(21)25)27-23(31)18-8-7-17(13-20(18)26)29-10-1-11-33(29)32;1-3-5-4-2/h2-9,12-13H,1,10-11H2,(H,27,31)(H,28,30);3-5H2,1-2H3. The molecule has 10 heteroatoms. The Bertz CT molecular complexity index is 1300. The van der Waals surface area contributed by atoms with Gasteiger partial charge in [-0.05, 0) is 67.1 Å². The van der Waals surface area contributed by atoms with Gasteiger partial charge >= 0.3 is 0 Å². The molecule has 202 valence electrons. The van der Waals surface area contributed by atoms with Crippen LogP contribution in [0.2, 0.25) is 15.1 Å². The number of benzene rings is 3. The lowest BCUT2D eigenvalue weighted by Gasteiger charge is -2.17. The number of halogens is 3. The molecule has 1 unspecified atom stereocenters. The van der Waals surface area contributed by atoms with Crippen molar-refractivity contribution in [3.05, 3.63) is 86.9 Å². The minimum atomic E-state index is -1.07. The highest BCUT2D eigenvalue weighted by atomic mass is 35.5. The van der Waals surface area contributed by atoms with Gasteiger partial charge in [-0.2, -0.15) is 0 Å². The van der Waals surface area contributed by atoms with Crippen LogP contribution in [0.25, 0.3) is 0 Å². The molecule has 6 nitrogen and oxygen atoms in total. The quantitative estimate of drug-likeness (QED) is 0.289. The van der Waals surface area contributed by atoms with Crippen molar-refractivity contribution < 1.29 is 13.8 Å². The Kier molecular flexibility index (Phi) is 11.5. The van der Waals surface area contributed by atoms with Gasteiger partial charge in [0.15, 0.2) is 0 Å². The van der Waals surface area contributed by atoms with Gasteiger partial charge < -0.3 is 10.6 Å². The monoisotopic (exact) mass is 593 g/mol. The Morgan fingerprint density at radius 2 is 1.58 bits per heavy atom. The molecule has 1 fully saturated rings. The first kappa shape index (κ1) is 30.0. The van der Waals surface area contributed by atoms with E-state index < -0.39 is 16.9 Å². The van der Waals surface area contributed by atoms with Gasteiger partial charge in [0.25, 0.3) is 11.8 Å². The summed E-state index contributed by atoms with van der Waals surface area (Å²) in [5.74, 6) is -0.172. The van der Waals surface area contributed by atoms with Crippen molar-refractivity contribution in [2.75, 3.05) is 27.2 Å². The van der Waals surface area contributed by atoms with Gasteiger partial charge in [0.1, 0.15) is 11.0 Å². The maximum atomic E-state index is 12.8. The molecule has 0 spiro atoms. The average Bonchev–Trinajstić information content (AvgIpc) is 3.33. The minimum absolute atomic E-state index is 0.249. The zero-order valence-electron chi connectivity index (χ0n) is 21.2. The van der Waals surface area contributed by atoms with Crippen LogP contribution >= 0.6 is 34.8 Å². The first-order chi connectivity index (χ1) is 18.2. The van der Waals surface area contributed by atoms with E-state index in [1.165, 1.54) is 19.3 Å². The van der Waals surface area contributed by atoms with Gasteiger partial charge in [-0.3, -0.25) is 13.9 Å². The summed E-state index contributed by atoms with van der Waals surface area (Å²) < 4.78 is 13.8. The number of carbonyl (C=O) groups is 2. The van der Waals surface area contributed by atoms with E-state index in [9.17, 15) is 13.8 Å². The summed E-state index contributed by atoms with van der Waals surface area (Å²) in [6.45, 7) is 5.11. The fraction of sp³-hybridized carbons (Fsp3) is 0.286. The number of rotatable bonds is 7. The summed E-state index contributed by atoms with van der Waals surface area (Å²) in [6.07, 6.45) is 4.92. The fourth-order valence-corrected chi connectivity index (χ4v) is 5.51. The lowest BCUT2D eigenvalue weighted by atomic mass is 10.1. The van der Waals surface area contributed by atoms with Crippen molar-refractivity contribution in [3.8, 4) is 0 Å². The van der Waals surface area contributed by atoms with Crippen molar-refractivity contribution in [3.63, 3.8) is 0 Å². The predicted octanol–water partition coefficient (Wildman–Crippen LogP) is 8.22. The maximum Gasteiger partial charge on any atom is 0.257 e. The van der Waals surface area contributed by atoms with Gasteiger partial charge in [-0.1, -0.05) is 67.9 Å². The Morgan fingerprint density at radius 3 is 2.16 bits per heavy atom. The molecule has 1 atom stereocenters. The molecule has 1 saturated heterocycles. The van der Waals surface area contributed by atoms with E-state index in [0.717, 1.165) is 6.42 Å². The van der Waals surface area contributed by atoms with Crippen LogP contribution in [0, 0.1) is 0 Å².